The summed E-state index contributed by atoms with van der Waals surface area (Å²) in [4.78, 5) is 17.1. The van der Waals surface area contributed by atoms with Gasteiger partial charge in [0.25, 0.3) is 5.91 Å². The molecule has 0 spiro atoms. The highest BCUT2D eigenvalue weighted by Gasteiger charge is 2.22. The molecule has 2 heterocycles. The van der Waals surface area contributed by atoms with Crippen molar-refractivity contribution < 1.29 is 17.6 Å². The molecule has 1 aliphatic rings. The number of carbonyl (C=O) groups is 1. The number of benzene rings is 1. The first kappa shape index (κ1) is 21.1. The van der Waals surface area contributed by atoms with Crippen molar-refractivity contribution in [2.45, 2.75) is 46.1 Å². The molecule has 3 aromatic rings. The smallest absolute Gasteiger partial charge is 0.272 e. The summed E-state index contributed by atoms with van der Waals surface area (Å²) < 4.78 is 32.3. The summed E-state index contributed by atoms with van der Waals surface area (Å²) in [5, 5.41) is 10.0. The molecule has 10 heteroatoms. The summed E-state index contributed by atoms with van der Waals surface area (Å²) in [5.41, 5.74) is 3.98. The minimum atomic E-state index is -3.45. The number of anilines is 1. The number of aromatic nitrogens is 3. The van der Waals surface area contributed by atoms with Crippen molar-refractivity contribution in [3.05, 3.63) is 52.7 Å². The largest absolute Gasteiger partial charge is 0.441 e. The van der Waals surface area contributed by atoms with Crippen LogP contribution in [0.1, 0.15) is 53.0 Å². The van der Waals surface area contributed by atoms with Crippen LogP contribution in [0, 0.1) is 6.92 Å². The molecular weight excluding hydrogens is 418 g/mol. The first-order valence-corrected chi connectivity index (χ1v) is 11.9. The van der Waals surface area contributed by atoms with E-state index in [9.17, 15) is 13.2 Å². The number of hydrogen-bond acceptors (Lipinski definition) is 6. The number of para-hydroxylation sites is 1. The van der Waals surface area contributed by atoms with E-state index < -0.39 is 10.0 Å². The average Bonchev–Trinajstić information content (AvgIpc) is 3.36. The van der Waals surface area contributed by atoms with E-state index in [0.717, 1.165) is 36.9 Å². The number of sulfonamides is 1. The molecule has 164 valence electrons. The lowest BCUT2D eigenvalue weighted by atomic mass is 9.96. The third-order valence-corrected chi connectivity index (χ3v) is 6.67. The van der Waals surface area contributed by atoms with Gasteiger partial charge in [0.05, 0.1) is 23.5 Å². The van der Waals surface area contributed by atoms with Gasteiger partial charge in [0.15, 0.2) is 5.69 Å². The fraction of sp³-hybridized carbons (Fsp3) is 0.381. The Bertz CT molecular complexity index is 1210. The van der Waals surface area contributed by atoms with Gasteiger partial charge in [-0.2, -0.15) is 5.10 Å². The molecule has 0 unspecified atom stereocenters. The van der Waals surface area contributed by atoms with Crippen LogP contribution in [-0.2, 0) is 29.4 Å². The second-order valence-corrected chi connectivity index (χ2v) is 9.50. The fourth-order valence-electron chi connectivity index (χ4n) is 3.62. The molecular formula is C21H25N5O4S. The third kappa shape index (κ3) is 4.48. The van der Waals surface area contributed by atoms with Crippen molar-refractivity contribution in [1.82, 2.24) is 20.5 Å². The van der Waals surface area contributed by atoms with E-state index in [2.05, 4.69) is 25.2 Å². The Morgan fingerprint density at radius 1 is 1.23 bits per heavy atom. The van der Waals surface area contributed by atoms with Gasteiger partial charge >= 0.3 is 0 Å². The molecule has 0 radical (unpaired) electrons. The maximum atomic E-state index is 12.7. The average molecular weight is 444 g/mol. The van der Waals surface area contributed by atoms with Crippen LogP contribution in [0.25, 0.3) is 11.5 Å². The number of amides is 1. The Morgan fingerprint density at radius 2 is 2.00 bits per heavy atom. The lowest BCUT2D eigenvalue weighted by Gasteiger charge is -2.10. The Hall–Kier alpha value is -3.14. The number of aromatic amines is 1. The molecule has 0 aliphatic heterocycles. The second-order valence-electron chi connectivity index (χ2n) is 7.49. The van der Waals surface area contributed by atoms with E-state index in [4.69, 9.17) is 4.42 Å². The zero-order valence-electron chi connectivity index (χ0n) is 17.5. The maximum absolute atomic E-state index is 12.7. The minimum absolute atomic E-state index is 0.0415. The summed E-state index contributed by atoms with van der Waals surface area (Å²) in [7, 11) is -3.45. The number of nitrogens with one attached hydrogen (secondary N) is 3. The van der Waals surface area contributed by atoms with Crippen molar-refractivity contribution >= 4 is 21.6 Å². The Balaban J connectivity index is 1.51. The zero-order chi connectivity index (χ0) is 22.0. The van der Waals surface area contributed by atoms with Crippen LogP contribution in [-0.4, -0.2) is 35.3 Å². The predicted octanol–water partition coefficient (Wildman–Crippen LogP) is 2.94. The van der Waals surface area contributed by atoms with Crippen LogP contribution in [0.4, 0.5) is 5.69 Å². The van der Waals surface area contributed by atoms with Crippen LogP contribution in [0.5, 0.6) is 0 Å². The normalized spacial score (nSPS) is 13.6. The molecule has 1 amide bonds. The van der Waals surface area contributed by atoms with E-state index in [1.54, 1.807) is 38.1 Å². The Morgan fingerprint density at radius 3 is 2.81 bits per heavy atom. The van der Waals surface area contributed by atoms with E-state index in [1.165, 1.54) is 0 Å². The van der Waals surface area contributed by atoms with E-state index in [1.807, 2.05) is 0 Å². The molecule has 3 N–H and O–H groups in total. The van der Waals surface area contributed by atoms with Crippen LogP contribution in [0.3, 0.4) is 0 Å². The minimum Gasteiger partial charge on any atom is -0.441 e. The molecule has 0 fully saturated rings. The summed E-state index contributed by atoms with van der Waals surface area (Å²) in [6.45, 7) is 3.50. The van der Waals surface area contributed by atoms with Crippen LogP contribution in [0.15, 0.2) is 28.7 Å². The molecule has 0 atom stereocenters. The fourth-order valence-corrected chi connectivity index (χ4v) is 4.28. The standard InChI is InChI=1S/C21H25N5O4S/c1-3-31(28,29)26-17-11-7-5-9-15(17)21-23-18(13(2)30-21)12-22-20(27)19-14-8-4-6-10-16(14)24-25-19/h5,7,9,11,26H,3-4,6,8,10,12H2,1-2H3,(H,22,27)(H,24,25). The van der Waals surface area contributed by atoms with Crippen molar-refractivity contribution in [1.29, 1.82) is 0 Å². The van der Waals surface area contributed by atoms with Gasteiger partial charge in [-0.3, -0.25) is 14.6 Å². The highest BCUT2D eigenvalue weighted by Crippen LogP contribution is 2.29. The maximum Gasteiger partial charge on any atom is 0.272 e. The van der Waals surface area contributed by atoms with Crippen molar-refractivity contribution in [3.63, 3.8) is 0 Å². The van der Waals surface area contributed by atoms with Gasteiger partial charge in [-0.05, 0) is 51.7 Å². The highest BCUT2D eigenvalue weighted by atomic mass is 32.2. The van der Waals surface area contributed by atoms with Gasteiger partial charge in [0, 0.05) is 11.3 Å². The lowest BCUT2D eigenvalue weighted by molar-refractivity contribution is 0.0944. The van der Waals surface area contributed by atoms with Gasteiger partial charge in [0.2, 0.25) is 15.9 Å². The number of nitrogens with zero attached hydrogens (tertiary/aromatic N) is 2. The van der Waals surface area contributed by atoms with E-state index >= 15 is 0 Å². The number of aryl methyl sites for hydroxylation is 2. The first-order valence-electron chi connectivity index (χ1n) is 10.3. The number of carbonyl (C=O) groups excluding carboxylic acids is 1. The SMILES string of the molecule is CCS(=O)(=O)Nc1ccccc1-c1nc(CNC(=O)c2n[nH]c3c2CCCC3)c(C)o1. The van der Waals surface area contributed by atoms with Crippen molar-refractivity contribution in [2.24, 2.45) is 0 Å². The number of rotatable bonds is 7. The van der Waals surface area contributed by atoms with Gasteiger partial charge in [-0.1, -0.05) is 12.1 Å². The molecule has 0 saturated carbocycles. The van der Waals surface area contributed by atoms with Crippen LogP contribution >= 0.6 is 0 Å². The Kier molecular flexibility index (Phi) is 5.81. The predicted molar refractivity (Wildman–Crippen MR) is 116 cm³/mol. The number of oxazole rings is 1. The van der Waals surface area contributed by atoms with Gasteiger partial charge in [-0.15, -0.1) is 0 Å². The summed E-state index contributed by atoms with van der Waals surface area (Å²) in [5.74, 6) is 0.542. The molecule has 1 aromatic carbocycles. The van der Waals surface area contributed by atoms with Crippen LogP contribution in [0.2, 0.25) is 0 Å². The lowest BCUT2D eigenvalue weighted by Crippen LogP contribution is -2.25. The van der Waals surface area contributed by atoms with E-state index in [-0.39, 0.29) is 24.1 Å². The Labute approximate surface area is 180 Å². The number of hydrogen-bond donors (Lipinski definition) is 3. The van der Waals surface area contributed by atoms with Crippen molar-refractivity contribution in [3.8, 4) is 11.5 Å². The highest BCUT2D eigenvalue weighted by molar-refractivity contribution is 7.92. The van der Waals surface area contributed by atoms with Crippen molar-refractivity contribution in [2.75, 3.05) is 10.5 Å². The topological polar surface area (TPSA) is 130 Å². The molecule has 9 nitrogen and oxygen atoms in total. The summed E-state index contributed by atoms with van der Waals surface area (Å²) in [6, 6.07) is 6.90. The molecule has 2 aromatic heterocycles. The second kappa shape index (κ2) is 8.54. The number of fused-ring (bicyclic) bond motifs is 1. The molecule has 0 bridgehead atoms. The summed E-state index contributed by atoms with van der Waals surface area (Å²) in [6.07, 6.45) is 3.93. The third-order valence-electron chi connectivity index (χ3n) is 5.38. The van der Waals surface area contributed by atoms with Gasteiger partial charge in [0.1, 0.15) is 11.5 Å². The molecule has 0 saturated heterocycles. The summed E-state index contributed by atoms with van der Waals surface area (Å²) >= 11 is 0. The molecule has 1 aliphatic carbocycles. The zero-order valence-corrected chi connectivity index (χ0v) is 18.3. The van der Waals surface area contributed by atoms with Crippen LogP contribution < -0.4 is 10.0 Å². The van der Waals surface area contributed by atoms with Gasteiger partial charge in [-0.25, -0.2) is 13.4 Å². The van der Waals surface area contributed by atoms with E-state index in [0.29, 0.717) is 28.4 Å². The quantitative estimate of drug-likeness (QED) is 0.515. The number of H-pyrrole nitrogens is 1. The molecule has 31 heavy (non-hydrogen) atoms. The molecule has 4 rings (SSSR count). The first-order chi connectivity index (χ1) is 14.9. The van der Waals surface area contributed by atoms with Gasteiger partial charge < -0.3 is 9.73 Å². The monoisotopic (exact) mass is 443 g/mol.